The van der Waals surface area contributed by atoms with Crippen molar-refractivity contribution in [2.75, 3.05) is 24.4 Å². The Bertz CT molecular complexity index is 1040. The number of benzene rings is 2. The van der Waals surface area contributed by atoms with Crippen LogP contribution in [0.4, 0.5) is 15.8 Å². The lowest BCUT2D eigenvalue weighted by molar-refractivity contribution is -0.119. The Hall–Kier alpha value is -3.19. The van der Waals surface area contributed by atoms with E-state index in [9.17, 15) is 14.0 Å². The number of aryl methyl sites for hydroxylation is 2. The lowest BCUT2D eigenvalue weighted by Crippen LogP contribution is -2.18. The Morgan fingerprint density at radius 2 is 1.86 bits per heavy atom. The highest BCUT2D eigenvalue weighted by atomic mass is 19.1. The molecule has 0 fully saturated rings. The minimum atomic E-state index is -0.338. The fraction of sp³-hybridized carbons (Fsp3) is 0.238. The average Bonchev–Trinajstić information content (AvgIpc) is 2.93. The molecule has 0 radical (unpaired) electrons. The highest BCUT2D eigenvalue weighted by molar-refractivity contribution is 5.97. The van der Waals surface area contributed by atoms with Crippen molar-refractivity contribution in [1.29, 1.82) is 0 Å². The lowest BCUT2D eigenvalue weighted by Gasteiger charge is -2.11. The van der Waals surface area contributed by atoms with Crippen LogP contribution < -0.4 is 10.6 Å². The van der Waals surface area contributed by atoms with Gasteiger partial charge in [0.2, 0.25) is 11.8 Å². The van der Waals surface area contributed by atoms with Crippen LogP contribution in [0.25, 0.3) is 10.9 Å². The van der Waals surface area contributed by atoms with Gasteiger partial charge in [-0.15, -0.1) is 0 Å². The molecule has 0 atom stereocenters. The zero-order valence-corrected chi connectivity index (χ0v) is 16.0. The summed E-state index contributed by atoms with van der Waals surface area (Å²) in [4.78, 5) is 27.3. The summed E-state index contributed by atoms with van der Waals surface area (Å²) in [6.45, 7) is 3.68. The van der Waals surface area contributed by atoms with Crippen LogP contribution in [0.2, 0.25) is 0 Å². The van der Waals surface area contributed by atoms with E-state index >= 15 is 0 Å². The van der Waals surface area contributed by atoms with Gasteiger partial charge in [0.05, 0.1) is 6.42 Å². The van der Waals surface area contributed by atoms with E-state index in [1.807, 2.05) is 13.8 Å². The summed E-state index contributed by atoms with van der Waals surface area (Å²) in [5.74, 6) is -0.789. The Morgan fingerprint density at radius 3 is 2.57 bits per heavy atom. The van der Waals surface area contributed by atoms with Gasteiger partial charge >= 0.3 is 0 Å². The number of carbonyl (C=O) groups excluding carboxylic acids is 2. The number of fused-ring (bicyclic) bond motifs is 1. The molecule has 146 valence electrons. The molecule has 6 nitrogen and oxygen atoms in total. The van der Waals surface area contributed by atoms with E-state index in [0.29, 0.717) is 16.8 Å². The van der Waals surface area contributed by atoms with E-state index in [4.69, 9.17) is 4.74 Å². The van der Waals surface area contributed by atoms with Crippen LogP contribution in [-0.4, -0.2) is 30.5 Å². The first-order valence-electron chi connectivity index (χ1n) is 8.83. The number of amides is 2. The van der Waals surface area contributed by atoms with Crippen molar-refractivity contribution in [2.24, 2.45) is 0 Å². The maximum absolute atomic E-state index is 13.6. The third kappa shape index (κ3) is 4.37. The van der Waals surface area contributed by atoms with Crippen LogP contribution in [0.15, 0.2) is 36.4 Å². The SMILES string of the molecule is COCC(=O)Nc1ccc(NC(=O)Cc2c(C)[nH]c3ccc(F)cc23)cc1C. The molecule has 0 bridgehead atoms. The van der Waals surface area contributed by atoms with Gasteiger partial charge in [-0.25, -0.2) is 4.39 Å². The number of aromatic nitrogens is 1. The lowest BCUT2D eigenvalue weighted by atomic mass is 10.1. The smallest absolute Gasteiger partial charge is 0.250 e. The highest BCUT2D eigenvalue weighted by Gasteiger charge is 2.14. The molecule has 0 aliphatic carbocycles. The first kappa shape index (κ1) is 19.6. The topological polar surface area (TPSA) is 83.2 Å². The van der Waals surface area contributed by atoms with E-state index in [2.05, 4.69) is 15.6 Å². The zero-order chi connectivity index (χ0) is 20.3. The van der Waals surface area contributed by atoms with Gasteiger partial charge < -0.3 is 20.4 Å². The maximum atomic E-state index is 13.6. The standard InChI is InChI=1S/C21H22FN3O3/c1-12-8-15(5-7-18(12)25-21(27)11-28-3)24-20(26)10-16-13(2)23-19-6-4-14(22)9-17(16)19/h4-9,23H,10-11H2,1-3H3,(H,24,26)(H,25,27). The molecule has 2 amide bonds. The van der Waals surface area contributed by atoms with E-state index in [1.165, 1.54) is 19.2 Å². The quantitative estimate of drug-likeness (QED) is 0.607. The van der Waals surface area contributed by atoms with E-state index in [1.54, 1.807) is 24.3 Å². The Balaban J connectivity index is 1.72. The number of halogens is 1. The third-order valence-electron chi connectivity index (χ3n) is 4.48. The van der Waals surface area contributed by atoms with Gasteiger partial charge in [-0.3, -0.25) is 9.59 Å². The number of rotatable bonds is 6. The average molecular weight is 383 g/mol. The minimum absolute atomic E-state index is 0.0253. The largest absolute Gasteiger partial charge is 0.375 e. The van der Waals surface area contributed by atoms with Crippen molar-refractivity contribution in [3.05, 3.63) is 59.0 Å². The van der Waals surface area contributed by atoms with Gasteiger partial charge in [-0.05, 0) is 61.4 Å². The molecule has 0 unspecified atom stereocenters. The second-order valence-electron chi connectivity index (χ2n) is 6.65. The number of hydrogen-bond acceptors (Lipinski definition) is 3. The normalized spacial score (nSPS) is 10.9. The molecule has 0 saturated carbocycles. The summed E-state index contributed by atoms with van der Waals surface area (Å²) in [6, 6.07) is 9.71. The Labute approximate surface area is 162 Å². The number of nitrogens with one attached hydrogen (secondary N) is 3. The van der Waals surface area contributed by atoms with Crippen LogP contribution in [0.1, 0.15) is 16.8 Å². The number of carbonyl (C=O) groups is 2. The second-order valence-corrected chi connectivity index (χ2v) is 6.65. The third-order valence-corrected chi connectivity index (χ3v) is 4.48. The predicted octanol–water partition coefficient (Wildman–Crippen LogP) is 3.69. The van der Waals surface area contributed by atoms with Crippen molar-refractivity contribution >= 4 is 34.1 Å². The number of methoxy groups -OCH3 is 1. The Kier molecular flexibility index (Phi) is 5.75. The van der Waals surface area contributed by atoms with E-state index in [0.717, 1.165) is 22.3 Å². The van der Waals surface area contributed by atoms with Crippen molar-refractivity contribution in [3.63, 3.8) is 0 Å². The van der Waals surface area contributed by atoms with Crippen molar-refractivity contribution < 1.29 is 18.7 Å². The van der Waals surface area contributed by atoms with Gasteiger partial charge in [0, 0.05) is 35.1 Å². The number of H-pyrrole nitrogens is 1. The highest BCUT2D eigenvalue weighted by Crippen LogP contribution is 2.24. The molecule has 28 heavy (non-hydrogen) atoms. The molecule has 3 rings (SSSR count). The van der Waals surface area contributed by atoms with E-state index in [-0.39, 0.29) is 30.7 Å². The molecule has 3 aromatic rings. The van der Waals surface area contributed by atoms with Gasteiger partial charge in [0.1, 0.15) is 12.4 Å². The molecule has 0 saturated heterocycles. The second kappa shape index (κ2) is 8.22. The minimum Gasteiger partial charge on any atom is -0.375 e. The summed E-state index contributed by atoms with van der Waals surface area (Å²) >= 11 is 0. The van der Waals surface area contributed by atoms with Gasteiger partial charge in [0.25, 0.3) is 0 Å². The predicted molar refractivity (Wildman–Crippen MR) is 107 cm³/mol. The molecule has 0 aliphatic rings. The molecule has 2 aromatic carbocycles. The number of aromatic amines is 1. The Morgan fingerprint density at radius 1 is 1.07 bits per heavy atom. The van der Waals surface area contributed by atoms with Gasteiger partial charge in [0.15, 0.2) is 0 Å². The number of ether oxygens (including phenoxy) is 1. The molecule has 1 heterocycles. The fourth-order valence-electron chi connectivity index (χ4n) is 3.15. The van der Waals surface area contributed by atoms with Crippen LogP contribution in [0, 0.1) is 19.7 Å². The van der Waals surface area contributed by atoms with Crippen LogP contribution in [0.3, 0.4) is 0 Å². The van der Waals surface area contributed by atoms with Gasteiger partial charge in [-0.1, -0.05) is 0 Å². The first-order valence-corrected chi connectivity index (χ1v) is 8.83. The van der Waals surface area contributed by atoms with Crippen molar-refractivity contribution in [1.82, 2.24) is 4.98 Å². The molecular weight excluding hydrogens is 361 g/mol. The summed E-state index contributed by atoms with van der Waals surface area (Å²) in [5.41, 5.74) is 4.50. The first-order chi connectivity index (χ1) is 13.4. The van der Waals surface area contributed by atoms with E-state index < -0.39 is 0 Å². The van der Waals surface area contributed by atoms with Crippen LogP contribution in [0.5, 0.6) is 0 Å². The number of hydrogen-bond donors (Lipinski definition) is 3. The summed E-state index contributed by atoms with van der Waals surface area (Å²) in [6.07, 6.45) is 0.126. The summed E-state index contributed by atoms with van der Waals surface area (Å²) in [5, 5.41) is 6.30. The summed E-state index contributed by atoms with van der Waals surface area (Å²) in [7, 11) is 1.45. The van der Waals surface area contributed by atoms with Crippen molar-refractivity contribution in [2.45, 2.75) is 20.3 Å². The fourth-order valence-corrected chi connectivity index (χ4v) is 3.15. The maximum Gasteiger partial charge on any atom is 0.250 e. The molecule has 1 aromatic heterocycles. The summed E-state index contributed by atoms with van der Waals surface area (Å²) < 4.78 is 18.4. The van der Waals surface area contributed by atoms with Crippen LogP contribution in [-0.2, 0) is 20.7 Å². The van der Waals surface area contributed by atoms with Crippen LogP contribution >= 0.6 is 0 Å². The molecule has 3 N–H and O–H groups in total. The molecule has 0 spiro atoms. The van der Waals surface area contributed by atoms with Gasteiger partial charge in [-0.2, -0.15) is 0 Å². The number of anilines is 2. The van der Waals surface area contributed by atoms with Crippen molar-refractivity contribution in [3.8, 4) is 0 Å². The molecule has 7 heteroatoms. The molecular formula is C21H22FN3O3. The molecule has 0 aliphatic heterocycles. The zero-order valence-electron chi connectivity index (χ0n) is 16.0. The monoisotopic (exact) mass is 383 g/mol.